The Hall–Kier alpha value is -3.61. The number of nitrogens with zero attached hydrogens (tertiary/aromatic N) is 5. The van der Waals surface area contributed by atoms with E-state index >= 15 is 0 Å². The molecule has 1 atom stereocenters. The van der Waals surface area contributed by atoms with E-state index in [0.29, 0.717) is 6.54 Å². The SMILES string of the molecule is C[C@@H]1Cc2c(ncnc2N2CCN(C=CC=O)CC2)CN1c1cc(O)cc2ccccc12. The molecule has 5 rings (SSSR count). The Morgan fingerprint density at radius 1 is 1.09 bits per heavy atom. The van der Waals surface area contributed by atoms with E-state index in [0.717, 1.165) is 66.9 Å². The van der Waals surface area contributed by atoms with E-state index in [2.05, 4.69) is 37.7 Å². The summed E-state index contributed by atoms with van der Waals surface area (Å²) in [5, 5.41) is 12.5. The lowest BCUT2D eigenvalue weighted by atomic mass is 9.96. The molecule has 2 aliphatic heterocycles. The number of hydrogen-bond donors (Lipinski definition) is 1. The maximum Gasteiger partial charge on any atom is 0.144 e. The molecule has 164 valence electrons. The standard InChI is InChI=1S/C25H27N5O2/c1-18-13-22-23(16-30(18)24-15-20(32)14-19-5-2-3-6-21(19)24)26-17-27-25(22)29-10-8-28(9-11-29)7-4-12-31/h2-7,12,14-15,17-18,32H,8-11,13,16H2,1H3/t18-/m1/s1. The Labute approximate surface area is 187 Å². The third kappa shape index (κ3) is 3.75. The highest BCUT2D eigenvalue weighted by atomic mass is 16.3. The summed E-state index contributed by atoms with van der Waals surface area (Å²) >= 11 is 0. The van der Waals surface area contributed by atoms with Crippen molar-refractivity contribution in [3.63, 3.8) is 0 Å². The molecule has 0 saturated carbocycles. The van der Waals surface area contributed by atoms with Gasteiger partial charge in [0.25, 0.3) is 0 Å². The molecule has 3 aromatic rings. The Balaban J connectivity index is 1.43. The van der Waals surface area contributed by atoms with E-state index < -0.39 is 0 Å². The van der Waals surface area contributed by atoms with Crippen molar-refractivity contribution in [2.24, 2.45) is 0 Å². The van der Waals surface area contributed by atoms with Gasteiger partial charge in [-0.3, -0.25) is 4.79 Å². The summed E-state index contributed by atoms with van der Waals surface area (Å²) in [6, 6.07) is 12.1. The van der Waals surface area contributed by atoms with Gasteiger partial charge in [0.05, 0.1) is 12.2 Å². The van der Waals surface area contributed by atoms with Crippen LogP contribution in [0.5, 0.6) is 5.75 Å². The van der Waals surface area contributed by atoms with Gasteiger partial charge in [0.1, 0.15) is 24.2 Å². The van der Waals surface area contributed by atoms with Crippen LogP contribution in [0.4, 0.5) is 11.5 Å². The fraction of sp³-hybridized carbons (Fsp3) is 0.320. The molecule has 0 bridgehead atoms. The fourth-order valence-electron chi connectivity index (χ4n) is 4.85. The molecule has 7 heteroatoms. The van der Waals surface area contributed by atoms with Crippen molar-refractivity contribution in [2.75, 3.05) is 36.0 Å². The van der Waals surface area contributed by atoms with Crippen LogP contribution in [0.3, 0.4) is 0 Å². The van der Waals surface area contributed by atoms with Gasteiger partial charge >= 0.3 is 0 Å². The first kappa shape index (κ1) is 20.3. The number of aldehydes is 1. The molecule has 1 fully saturated rings. The zero-order chi connectivity index (χ0) is 22.1. The normalized spacial score (nSPS) is 18.9. The van der Waals surface area contributed by atoms with Crippen LogP contribution in [-0.4, -0.2) is 58.5 Å². The zero-order valence-electron chi connectivity index (χ0n) is 18.2. The van der Waals surface area contributed by atoms with Gasteiger partial charge in [-0.2, -0.15) is 0 Å². The van der Waals surface area contributed by atoms with E-state index in [1.54, 1.807) is 12.4 Å². The second kappa shape index (κ2) is 8.49. The summed E-state index contributed by atoms with van der Waals surface area (Å²) in [6.45, 7) is 6.35. The number of phenolic OH excluding ortho intramolecular Hbond substituents is 1. The monoisotopic (exact) mass is 429 g/mol. The Bertz CT molecular complexity index is 1170. The maximum absolute atomic E-state index is 10.6. The fourth-order valence-corrected chi connectivity index (χ4v) is 4.85. The number of benzene rings is 2. The maximum atomic E-state index is 10.6. The molecule has 2 aliphatic rings. The average molecular weight is 430 g/mol. The van der Waals surface area contributed by atoms with Gasteiger partial charge in [0.2, 0.25) is 0 Å². The Kier molecular flexibility index (Phi) is 5.39. The van der Waals surface area contributed by atoms with Crippen LogP contribution in [0.2, 0.25) is 0 Å². The lowest BCUT2D eigenvalue weighted by Gasteiger charge is -2.40. The summed E-state index contributed by atoms with van der Waals surface area (Å²) in [7, 11) is 0. The Morgan fingerprint density at radius 3 is 2.72 bits per heavy atom. The minimum atomic E-state index is 0.245. The number of phenols is 1. The molecular weight excluding hydrogens is 402 g/mol. The molecule has 1 aromatic heterocycles. The molecule has 0 spiro atoms. The van der Waals surface area contributed by atoms with Crippen molar-refractivity contribution < 1.29 is 9.90 Å². The summed E-state index contributed by atoms with van der Waals surface area (Å²) in [6.07, 6.45) is 6.74. The molecular formula is C25H27N5O2. The summed E-state index contributed by atoms with van der Waals surface area (Å²) < 4.78 is 0. The topological polar surface area (TPSA) is 72.8 Å². The third-order valence-corrected chi connectivity index (χ3v) is 6.49. The molecule has 0 amide bonds. The van der Waals surface area contributed by atoms with Gasteiger partial charge in [-0.1, -0.05) is 24.3 Å². The number of hydrogen-bond acceptors (Lipinski definition) is 7. The lowest BCUT2D eigenvalue weighted by molar-refractivity contribution is -0.104. The van der Waals surface area contributed by atoms with Crippen molar-refractivity contribution in [3.8, 4) is 5.75 Å². The molecule has 0 aliphatic carbocycles. The van der Waals surface area contributed by atoms with Crippen LogP contribution in [0.1, 0.15) is 18.2 Å². The number of carbonyl (C=O) groups excluding carboxylic acids is 1. The quantitative estimate of drug-likeness (QED) is 0.505. The lowest BCUT2D eigenvalue weighted by Crippen LogP contribution is -2.46. The van der Waals surface area contributed by atoms with E-state index in [-0.39, 0.29) is 11.8 Å². The molecule has 3 heterocycles. The van der Waals surface area contributed by atoms with Crippen LogP contribution in [0.15, 0.2) is 55.0 Å². The van der Waals surface area contributed by atoms with Crippen molar-refractivity contribution in [1.82, 2.24) is 14.9 Å². The van der Waals surface area contributed by atoms with Gasteiger partial charge in [-0.25, -0.2) is 9.97 Å². The minimum absolute atomic E-state index is 0.245. The third-order valence-electron chi connectivity index (χ3n) is 6.49. The number of fused-ring (bicyclic) bond motifs is 2. The van der Waals surface area contributed by atoms with E-state index in [4.69, 9.17) is 0 Å². The van der Waals surface area contributed by atoms with E-state index in [1.807, 2.05) is 36.5 Å². The van der Waals surface area contributed by atoms with Crippen LogP contribution < -0.4 is 9.80 Å². The highest BCUT2D eigenvalue weighted by Gasteiger charge is 2.30. The van der Waals surface area contributed by atoms with Gasteiger partial charge in [0.15, 0.2) is 0 Å². The predicted octanol–water partition coefficient (Wildman–Crippen LogP) is 3.12. The molecule has 0 unspecified atom stereocenters. The van der Waals surface area contributed by atoms with E-state index in [9.17, 15) is 9.90 Å². The number of allylic oxidation sites excluding steroid dienone is 1. The zero-order valence-corrected chi connectivity index (χ0v) is 18.2. The highest BCUT2D eigenvalue weighted by Crippen LogP contribution is 2.37. The van der Waals surface area contributed by atoms with Crippen molar-refractivity contribution in [1.29, 1.82) is 0 Å². The Morgan fingerprint density at radius 2 is 1.91 bits per heavy atom. The molecule has 7 nitrogen and oxygen atoms in total. The van der Waals surface area contributed by atoms with Gasteiger partial charge < -0.3 is 19.8 Å². The molecule has 1 N–H and O–H groups in total. The van der Waals surface area contributed by atoms with Gasteiger partial charge in [-0.05, 0) is 30.9 Å². The van der Waals surface area contributed by atoms with Crippen molar-refractivity contribution >= 4 is 28.6 Å². The summed E-state index contributed by atoms with van der Waals surface area (Å²) in [5.74, 6) is 1.31. The first-order valence-corrected chi connectivity index (χ1v) is 11.1. The van der Waals surface area contributed by atoms with Crippen molar-refractivity contribution in [2.45, 2.75) is 25.9 Å². The number of carbonyl (C=O) groups is 1. The van der Waals surface area contributed by atoms with Gasteiger partial charge in [-0.15, -0.1) is 0 Å². The molecule has 32 heavy (non-hydrogen) atoms. The van der Waals surface area contributed by atoms with E-state index in [1.165, 1.54) is 5.56 Å². The van der Waals surface area contributed by atoms with Crippen LogP contribution in [-0.2, 0) is 17.8 Å². The van der Waals surface area contributed by atoms with Crippen molar-refractivity contribution in [3.05, 3.63) is 66.3 Å². The second-order valence-corrected chi connectivity index (χ2v) is 8.49. The molecule has 0 radical (unpaired) electrons. The number of piperazine rings is 1. The smallest absolute Gasteiger partial charge is 0.144 e. The number of rotatable bonds is 4. The van der Waals surface area contributed by atoms with Gasteiger partial charge in [0, 0.05) is 61.1 Å². The molecule has 1 saturated heterocycles. The highest BCUT2D eigenvalue weighted by molar-refractivity contribution is 5.95. The largest absolute Gasteiger partial charge is 0.508 e. The first-order valence-electron chi connectivity index (χ1n) is 11.1. The average Bonchev–Trinajstić information content (AvgIpc) is 2.82. The number of aromatic nitrogens is 2. The van der Waals surface area contributed by atoms with Crippen LogP contribution in [0, 0.1) is 0 Å². The predicted molar refractivity (Wildman–Crippen MR) is 126 cm³/mol. The molecule has 2 aromatic carbocycles. The summed E-state index contributed by atoms with van der Waals surface area (Å²) in [4.78, 5) is 26.7. The minimum Gasteiger partial charge on any atom is -0.508 e. The number of anilines is 2. The first-order chi connectivity index (χ1) is 15.6. The summed E-state index contributed by atoms with van der Waals surface area (Å²) in [5.41, 5.74) is 3.30. The number of aromatic hydroxyl groups is 1. The van der Waals surface area contributed by atoms with Crippen LogP contribution in [0.25, 0.3) is 10.8 Å². The second-order valence-electron chi connectivity index (χ2n) is 8.49. The van der Waals surface area contributed by atoms with Crippen LogP contribution >= 0.6 is 0 Å².